The second-order valence-corrected chi connectivity index (χ2v) is 5.66. The summed E-state index contributed by atoms with van der Waals surface area (Å²) in [6.45, 7) is 6.22. The van der Waals surface area contributed by atoms with Gasteiger partial charge in [0.2, 0.25) is 5.91 Å². The van der Waals surface area contributed by atoms with Crippen molar-refractivity contribution in [3.8, 4) is 11.4 Å². The molecule has 2 aromatic rings. The number of amides is 1. The molecule has 0 spiro atoms. The van der Waals surface area contributed by atoms with Crippen molar-refractivity contribution in [3.05, 3.63) is 30.6 Å². The van der Waals surface area contributed by atoms with Gasteiger partial charge in [-0.1, -0.05) is 11.3 Å². The minimum atomic E-state index is -0.137. The molecule has 0 aliphatic carbocycles. The van der Waals surface area contributed by atoms with Gasteiger partial charge in [0.1, 0.15) is 5.69 Å². The predicted octanol–water partition coefficient (Wildman–Crippen LogP) is 1.53. The highest BCUT2D eigenvalue weighted by atomic mass is 35.5. The number of aromatic nitrogens is 4. The lowest BCUT2D eigenvalue weighted by molar-refractivity contribution is -0.132. The third-order valence-electron chi connectivity index (χ3n) is 4.29. The molecule has 1 aliphatic rings. The van der Waals surface area contributed by atoms with E-state index < -0.39 is 0 Å². The largest absolute Gasteiger partial charge is 0.342 e. The molecule has 1 aliphatic heterocycles. The number of likely N-dealkylation sites (N-methyl/N-ethyl adjacent to an activating group) is 1. The monoisotopic (exact) mass is 350 g/mol. The van der Waals surface area contributed by atoms with Crippen LogP contribution in [0.25, 0.3) is 11.4 Å². The zero-order chi connectivity index (χ0) is 16.2. The smallest absolute Gasteiger partial charge is 0.239 e. The van der Waals surface area contributed by atoms with Crippen LogP contribution in [0.1, 0.15) is 26.3 Å². The number of rotatable bonds is 5. The van der Waals surface area contributed by atoms with Crippen LogP contribution < -0.4 is 5.32 Å². The molecule has 1 N–H and O–H groups in total. The molecule has 0 bridgehead atoms. The van der Waals surface area contributed by atoms with Crippen molar-refractivity contribution in [2.24, 2.45) is 0 Å². The van der Waals surface area contributed by atoms with E-state index in [1.807, 2.05) is 47.8 Å². The van der Waals surface area contributed by atoms with E-state index in [4.69, 9.17) is 0 Å². The molecule has 2 aromatic heterocycles. The molecular formula is C16H23ClN6O. The fraction of sp³-hybridized carbons (Fsp3) is 0.500. The first-order valence-electron chi connectivity index (χ1n) is 8.08. The standard InChI is InChI=1S/C16H22N6O.ClH/c1-3-21(4-2)16(23)14-9-12(10-18-14)22-11-15(19-20-22)13-7-5-6-8-17-13;/h5-8,11-12,14,18H,3-4,9-10H2,1-2H3;1H/t12-,14-;/m0./s1. The van der Waals surface area contributed by atoms with Gasteiger partial charge in [-0.25, -0.2) is 4.68 Å². The lowest BCUT2D eigenvalue weighted by Gasteiger charge is -2.22. The Kier molecular flexibility index (Phi) is 6.28. The number of hydrogen-bond acceptors (Lipinski definition) is 5. The fourth-order valence-electron chi connectivity index (χ4n) is 2.95. The Labute approximate surface area is 147 Å². The van der Waals surface area contributed by atoms with Crippen molar-refractivity contribution < 1.29 is 4.79 Å². The van der Waals surface area contributed by atoms with Crippen LogP contribution >= 0.6 is 12.4 Å². The first-order chi connectivity index (χ1) is 11.2. The molecule has 2 atom stereocenters. The van der Waals surface area contributed by atoms with Gasteiger partial charge in [-0.15, -0.1) is 17.5 Å². The van der Waals surface area contributed by atoms with Gasteiger partial charge in [-0.05, 0) is 32.4 Å². The van der Waals surface area contributed by atoms with Gasteiger partial charge in [0.15, 0.2) is 0 Å². The molecular weight excluding hydrogens is 328 g/mol. The van der Waals surface area contributed by atoms with Crippen LogP contribution in [0.5, 0.6) is 0 Å². The molecule has 7 nitrogen and oxygen atoms in total. The minimum Gasteiger partial charge on any atom is -0.342 e. The maximum atomic E-state index is 12.4. The Morgan fingerprint density at radius 1 is 1.33 bits per heavy atom. The maximum absolute atomic E-state index is 12.4. The van der Waals surface area contributed by atoms with Crippen LogP contribution in [0, 0.1) is 0 Å². The first-order valence-corrected chi connectivity index (χ1v) is 8.08. The highest BCUT2D eigenvalue weighted by Crippen LogP contribution is 2.22. The van der Waals surface area contributed by atoms with Crippen LogP contribution in [0.15, 0.2) is 30.6 Å². The van der Waals surface area contributed by atoms with E-state index in [0.717, 1.165) is 37.4 Å². The van der Waals surface area contributed by atoms with Gasteiger partial charge < -0.3 is 10.2 Å². The molecule has 0 saturated carbocycles. The summed E-state index contributed by atoms with van der Waals surface area (Å²) in [5, 5.41) is 11.7. The summed E-state index contributed by atoms with van der Waals surface area (Å²) in [4.78, 5) is 18.6. The predicted molar refractivity (Wildman–Crippen MR) is 93.9 cm³/mol. The summed E-state index contributed by atoms with van der Waals surface area (Å²) in [7, 11) is 0. The van der Waals surface area contributed by atoms with Gasteiger partial charge >= 0.3 is 0 Å². The number of halogens is 1. The molecule has 1 saturated heterocycles. The number of carbonyl (C=O) groups excluding carboxylic acids is 1. The highest BCUT2D eigenvalue weighted by molar-refractivity contribution is 5.85. The molecule has 3 heterocycles. The van der Waals surface area contributed by atoms with Crippen LogP contribution in [-0.2, 0) is 4.79 Å². The highest BCUT2D eigenvalue weighted by Gasteiger charge is 2.33. The lowest BCUT2D eigenvalue weighted by atomic mass is 10.1. The third kappa shape index (κ3) is 3.73. The molecule has 0 unspecified atom stereocenters. The molecule has 1 amide bonds. The molecule has 0 aromatic carbocycles. The van der Waals surface area contributed by atoms with E-state index >= 15 is 0 Å². The quantitative estimate of drug-likeness (QED) is 0.885. The number of nitrogens with one attached hydrogen (secondary N) is 1. The van der Waals surface area contributed by atoms with E-state index in [9.17, 15) is 4.79 Å². The Morgan fingerprint density at radius 3 is 2.79 bits per heavy atom. The van der Waals surface area contributed by atoms with Crippen molar-refractivity contribution in [1.82, 2.24) is 30.2 Å². The zero-order valence-electron chi connectivity index (χ0n) is 13.9. The van der Waals surface area contributed by atoms with Crippen LogP contribution in [0.3, 0.4) is 0 Å². The average Bonchev–Trinajstić information content (AvgIpc) is 3.26. The van der Waals surface area contributed by atoms with Gasteiger partial charge in [0, 0.05) is 25.8 Å². The van der Waals surface area contributed by atoms with Gasteiger partial charge in [-0.3, -0.25) is 9.78 Å². The third-order valence-corrected chi connectivity index (χ3v) is 4.29. The van der Waals surface area contributed by atoms with E-state index in [2.05, 4.69) is 20.6 Å². The molecule has 130 valence electrons. The summed E-state index contributed by atoms with van der Waals surface area (Å²) >= 11 is 0. The van der Waals surface area contributed by atoms with E-state index in [1.165, 1.54) is 0 Å². The Balaban J connectivity index is 0.00000208. The van der Waals surface area contributed by atoms with Gasteiger partial charge in [0.25, 0.3) is 0 Å². The van der Waals surface area contributed by atoms with Crippen LogP contribution in [-0.4, -0.2) is 56.5 Å². The summed E-state index contributed by atoms with van der Waals surface area (Å²) in [5.41, 5.74) is 1.56. The summed E-state index contributed by atoms with van der Waals surface area (Å²) < 4.78 is 1.84. The Hall–Kier alpha value is -1.99. The number of hydrogen-bond donors (Lipinski definition) is 1. The Morgan fingerprint density at radius 2 is 2.12 bits per heavy atom. The molecule has 8 heteroatoms. The van der Waals surface area contributed by atoms with Crippen molar-refractivity contribution in [2.45, 2.75) is 32.4 Å². The van der Waals surface area contributed by atoms with Gasteiger partial charge in [-0.2, -0.15) is 0 Å². The Bertz CT molecular complexity index is 658. The maximum Gasteiger partial charge on any atom is 0.239 e. The summed E-state index contributed by atoms with van der Waals surface area (Å²) in [6.07, 6.45) is 4.38. The molecule has 0 radical (unpaired) electrons. The number of nitrogens with zero attached hydrogens (tertiary/aromatic N) is 5. The molecule has 3 rings (SSSR count). The first kappa shape index (κ1) is 18.4. The van der Waals surface area contributed by atoms with E-state index in [1.54, 1.807) is 6.20 Å². The normalized spacial score (nSPS) is 19.8. The lowest BCUT2D eigenvalue weighted by Crippen LogP contribution is -2.43. The van der Waals surface area contributed by atoms with E-state index in [-0.39, 0.29) is 30.4 Å². The average molecular weight is 351 g/mol. The molecule has 24 heavy (non-hydrogen) atoms. The van der Waals surface area contributed by atoms with Crippen molar-refractivity contribution in [3.63, 3.8) is 0 Å². The van der Waals surface area contributed by atoms with Crippen molar-refractivity contribution >= 4 is 18.3 Å². The second-order valence-electron chi connectivity index (χ2n) is 5.66. The van der Waals surface area contributed by atoms with E-state index in [0.29, 0.717) is 0 Å². The number of carbonyl (C=O) groups is 1. The summed E-state index contributed by atoms with van der Waals surface area (Å²) in [6, 6.07) is 5.72. The number of pyridine rings is 1. The topological polar surface area (TPSA) is 75.9 Å². The van der Waals surface area contributed by atoms with Crippen molar-refractivity contribution in [1.29, 1.82) is 0 Å². The van der Waals surface area contributed by atoms with Gasteiger partial charge in [0.05, 0.1) is 24.0 Å². The fourth-order valence-corrected chi connectivity index (χ4v) is 2.95. The zero-order valence-corrected chi connectivity index (χ0v) is 14.7. The minimum absolute atomic E-state index is 0. The second kappa shape index (κ2) is 8.21. The summed E-state index contributed by atoms with van der Waals surface area (Å²) in [5.74, 6) is 0.169. The van der Waals surface area contributed by atoms with Crippen LogP contribution in [0.2, 0.25) is 0 Å². The molecule has 1 fully saturated rings. The van der Waals surface area contributed by atoms with Crippen LogP contribution in [0.4, 0.5) is 0 Å². The van der Waals surface area contributed by atoms with Crippen molar-refractivity contribution in [2.75, 3.05) is 19.6 Å². The SMILES string of the molecule is CCN(CC)C(=O)[C@@H]1C[C@H](n2cc(-c3ccccn3)nn2)CN1.Cl.